The molecule has 2 aromatic rings. The molecule has 0 atom stereocenters. The van der Waals surface area contributed by atoms with Crippen molar-refractivity contribution in [1.29, 1.82) is 0 Å². The molecule has 0 aliphatic carbocycles. The van der Waals surface area contributed by atoms with E-state index >= 15 is 0 Å². The summed E-state index contributed by atoms with van der Waals surface area (Å²) < 4.78 is 12.9. The number of benzene rings is 1. The van der Waals surface area contributed by atoms with Gasteiger partial charge in [0.1, 0.15) is 5.82 Å². The molecule has 0 unspecified atom stereocenters. The van der Waals surface area contributed by atoms with Crippen LogP contribution >= 0.6 is 11.3 Å². The number of ketones is 1. The average molecular weight is 331 g/mol. The largest absolute Gasteiger partial charge is 0.339 e. The predicted molar refractivity (Wildman–Crippen MR) is 88.4 cm³/mol. The highest BCUT2D eigenvalue weighted by atomic mass is 32.1. The Hall–Kier alpha value is -2.01. The zero-order chi connectivity index (χ0) is 16.4. The molecule has 0 N–H and O–H groups in total. The summed E-state index contributed by atoms with van der Waals surface area (Å²) in [6.07, 6.45) is 1.32. The molecule has 3 rings (SSSR count). The fourth-order valence-electron chi connectivity index (χ4n) is 2.94. The van der Waals surface area contributed by atoms with Crippen LogP contribution in [0.15, 0.2) is 35.0 Å². The molecule has 0 saturated carbocycles. The number of amides is 1. The molecule has 1 fully saturated rings. The van der Waals surface area contributed by atoms with Gasteiger partial charge in [-0.25, -0.2) is 4.39 Å². The fourth-order valence-corrected chi connectivity index (χ4v) is 3.77. The van der Waals surface area contributed by atoms with Crippen molar-refractivity contribution in [1.82, 2.24) is 4.90 Å². The minimum absolute atomic E-state index is 0.0452. The van der Waals surface area contributed by atoms with Gasteiger partial charge in [0.15, 0.2) is 5.78 Å². The zero-order valence-electron chi connectivity index (χ0n) is 12.9. The van der Waals surface area contributed by atoms with E-state index in [0.29, 0.717) is 31.5 Å². The summed E-state index contributed by atoms with van der Waals surface area (Å²) >= 11 is 1.53. The molecule has 0 bridgehead atoms. The molecule has 1 aliphatic rings. The van der Waals surface area contributed by atoms with Gasteiger partial charge >= 0.3 is 0 Å². The molecule has 1 aromatic heterocycles. The van der Waals surface area contributed by atoms with E-state index in [1.54, 1.807) is 0 Å². The van der Waals surface area contributed by atoms with Crippen molar-refractivity contribution < 1.29 is 14.0 Å². The van der Waals surface area contributed by atoms with Gasteiger partial charge in [-0.2, -0.15) is 11.3 Å². The zero-order valence-corrected chi connectivity index (χ0v) is 13.7. The number of carbonyl (C=O) groups is 2. The Kier molecular flexibility index (Phi) is 4.57. The van der Waals surface area contributed by atoms with E-state index in [2.05, 4.69) is 0 Å². The van der Waals surface area contributed by atoms with Gasteiger partial charge in [0.05, 0.1) is 5.56 Å². The number of hydrogen-bond acceptors (Lipinski definition) is 3. The van der Waals surface area contributed by atoms with Gasteiger partial charge < -0.3 is 4.90 Å². The number of piperidine rings is 1. The third-order valence-corrected chi connectivity index (χ3v) is 5.23. The van der Waals surface area contributed by atoms with Crippen molar-refractivity contribution in [2.75, 3.05) is 13.1 Å². The van der Waals surface area contributed by atoms with Gasteiger partial charge in [-0.3, -0.25) is 9.59 Å². The standard InChI is InChI=1S/C18H18FNO2S/c1-12-10-23-11-16(12)18(22)20-8-6-14(7-9-20)17(21)13-2-4-15(19)5-3-13/h2-5,10-11,14H,6-9H2,1H3. The molecule has 0 spiro atoms. The number of nitrogens with zero attached hydrogens (tertiary/aromatic N) is 1. The first-order valence-electron chi connectivity index (χ1n) is 7.68. The van der Waals surface area contributed by atoms with Crippen LogP contribution in [0.1, 0.15) is 39.1 Å². The van der Waals surface area contributed by atoms with E-state index in [0.717, 1.165) is 11.1 Å². The van der Waals surface area contributed by atoms with E-state index in [1.165, 1.54) is 35.6 Å². The van der Waals surface area contributed by atoms with Crippen LogP contribution in [0, 0.1) is 18.7 Å². The Balaban J connectivity index is 1.62. The fraction of sp³-hybridized carbons (Fsp3) is 0.333. The number of thiophene rings is 1. The Bertz CT molecular complexity index is 715. The van der Waals surface area contributed by atoms with Crippen LogP contribution in [0.3, 0.4) is 0 Å². The van der Waals surface area contributed by atoms with E-state index in [1.807, 2.05) is 22.6 Å². The summed E-state index contributed by atoms with van der Waals surface area (Å²) in [6, 6.07) is 5.68. The lowest BCUT2D eigenvalue weighted by atomic mass is 9.88. The Labute approximate surface area is 138 Å². The van der Waals surface area contributed by atoms with Crippen molar-refractivity contribution in [3.8, 4) is 0 Å². The Morgan fingerprint density at radius 3 is 2.35 bits per heavy atom. The van der Waals surface area contributed by atoms with Gasteiger partial charge in [-0.05, 0) is 55.0 Å². The second-order valence-electron chi connectivity index (χ2n) is 5.91. The molecule has 1 saturated heterocycles. The van der Waals surface area contributed by atoms with Crippen LogP contribution in [-0.4, -0.2) is 29.7 Å². The van der Waals surface area contributed by atoms with Crippen LogP contribution in [0.25, 0.3) is 0 Å². The first kappa shape index (κ1) is 15.9. The Morgan fingerprint density at radius 2 is 1.78 bits per heavy atom. The van der Waals surface area contributed by atoms with Crippen LogP contribution < -0.4 is 0 Å². The maximum atomic E-state index is 12.9. The molecular formula is C18H18FNO2S. The van der Waals surface area contributed by atoms with Crippen molar-refractivity contribution in [2.45, 2.75) is 19.8 Å². The molecular weight excluding hydrogens is 313 g/mol. The first-order valence-corrected chi connectivity index (χ1v) is 8.62. The predicted octanol–water partition coefficient (Wildman–Crippen LogP) is 3.93. The lowest BCUT2D eigenvalue weighted by Crippen LogP contribution is -2.40. The molecule has 1 amide bonds. The quantitative estimate of drug-likeness (QED) is 0.799. The lowest BCUT2D eigenvalue weighted by Gasteiger charge is -2.31. The van der Waals surface area contributed by atoms with Crippen molar-refractivity contribution >= 4 is 23.0 Å². The lowest BCUT2D eigenvalue weighted by molar-refractivity contribution is 0.0650. The smallest absolute Gasteiger partial charge is 0.254 e. The van der Waals surface area contributed by atoms with E-state index in [9.17, 15) is 14.0 Å². The molecule has 5 heteroatoms. The minimum atomic E-state index is -0.340. The molecule has 1 aliphatic heterocycles. The van der Waals surface area contributed by atoms with Crippen LogP contribution in [0.5, 0.6) is 0 Å². The van der Waals surface area contributed by atoms with Gasteiger partial charge in [-0.15, -0.1) is 0 Å². The molecule has 120 valence electrons. The SMILES string of the molecule is Cc1cscc1C(=O)N1CCC(C(=O)c2ccc(F)cc2)CC1. The first-order chi connectivity index (χ1) is 11.1. The van der Waals surface area contributed by atoms with E-state index in [-0.39, 0.29) is 23.4 Å². The summed E-state index contributed by atoms with van der Waals surface area (Å²) in [5.74, 6) is -0.332. The maximum absolute atomic E-state index is 12.9. The Morgan fingerprint density at radius 1 is 1.13 bits per heavy atom. The number of Topliss-reactive ketones (excluding diaryl/α,β-unsaturated/α-hetero) is 1. The number of rotatable bonds is 3. The van der Waals surface area contributed by atoms with Crippen LogP contribution in [-0.2, 0) is 0 Å². The van der Waals surface area contributed by atoms with Gasteiger partial charge in [0.25, 0.3) is 5.91 Å². The highest BCUT2D eigenvalue weighted by Gasteiger charge is 2.29. The number of carbonyl (C=O) groups excluding carboxylic acids is 2. The van der Waals surface area contributed by atoms with Crippen LogP contribution in [0.2, 0.25) is 0 Å². The molecule has 1 aromatic carbocycles. The second-order valence-corrected chi connectivity index (χ2v) is 6.65. The normalized spacial score (nSPS) is 15.7. The van der Waals surface area contributed by atoms with E-state index in [4.69, 9.17) is 0 Å². The number of halogens is 1. The monoisotopic (exact) mass is 331 g/mol. The van der Waals surface area contributed by atoms with Gasteiger partial charge in [-0.1, -0.05) is 0 Å². The van der Waals surface area contributed by atoms with E-state index < -0.39 is 0 Å². The highest BCUT2D eigenvalue weighted by Crippen LogP contribution is 2.24. The third-order valence-electron chi connectivity index (χ3n) is 4.37. The summed E-state index contributed by atoms with van der Waals surface area (Å²) in [6.45, 7) is 3.12. The number of likely N-dealkylation sites (tertiary alicyclic amines) is 1. The summed E-state index contributed by atoms with van der Waals surface area (Å²) in [5.41, 5.74) is 2.31. The van der Waals surface area contributed by atoms with Crippen LogP contribution in [0.4, 0.5) is 4.39 Å². The number of hydrogen-bond donors (Lipinski definition) is 0. The molecule has 3 nitrogen and oxygen atoms in total. The number of aryl methyl sites for hydroxylation is 1. The van der Waals surface area contributed by atoms with Crippen molar-refractivity contribution in [3.05, 3.63) is 57.5 Å². The molecule has 23 heavy (non-hydrogen) atoms. The summed E-state index contributed by atoms with van der Waals surface area (Å²) in [4.78, 5) is 26.7. The van der Waals surface area contributed by atoms with Gasteiger partial charge in [0.2, 0.25) is 0 Å². The third kappa shape index (κ3) is 3.34. The molecule has 2 heterocycles. The average Bonchev–Trinajstić information content (AvgIpc) is 3.00. The highest BCUT2D eigenvalue weighted by molar-refractivity contribution is 7.08. The second kappa shape index (κ2) is 6.62. The summed E-state index contributed by atoms with van der Waals surface area (Å²) in [7, 11) is 0. The van der Waals surface area contributed by atoms with Gasteiger partial charge in [0, 0.05) is 30.0 Å². The minimum Gasteiger partial charge on any atom is -0.339 e. The van der Waals surface area contributed by atoms with Crippen molar-refractivity contribution in [3.63, 3.8) is 0 Å². The maximum Gasteiger partial charge on any atom is 0.254 e. The molecule has 0 radical (unpaired) electrons. The summed E-state index contributed by atoms with van der Waals surface area (Å²) in [5, 5.41) is 3.85. The van der Waals surface area contributed by atoms with Crippen molar-refractivity contribution in [2.24, 2.45) is 5.92 Å². The topological polar surface area (TPSA) is 37.4 Å².